The molecule has 17 heavy (non-hydrogen) atoms. The van der Waals surface area contributed by atoms with Crippen LogP contribution in [0, 0.1) is 0 Å². The van der Waals surface area contributed by atoms with E-state index in [9.17, 15) is 13.2 Å². The third-order valence-electron chi connectivity index (χ3n) is 2.02. The first-order valence-electron chi connectivity index (χ1n) is 4.88. The summed E-state index contributed by atoms with van der Waals surface area (Å²) in [5.74, 6) is -0.472. The fourth-order valence-electron chi connectivity index (χ4n) is 1.15. The largest absolute Gasteiger partial charge is 0.469 e. The predicted octanol–water partition coefficient (Wildman–Crippen LogP) is 0.110. The van der Waals surface area contributed by atoms with Gasteiger partial charge in [0.2, 0.25) is 10.0 Å². The van der Waals surface area contributed by atoms with E-state index in [4.69, 9.17) is 5.73 Å². The number of benzene rings is 1. The summed E-state index contributed by atoms with van der Waals surface area (Å²) in [6.07, 6.45) is -0.0158. The lowest BCUT2D eigenvalue weighted by molar-refractivity contribution is -0.140. The third-order valence-corrected chi connectivity index (χ3v) is 3.48. The number of nitrogens with one attached hydrogen (secondary N) is 1. The van der Waals surface area contributed by atoms with Gasteiger partial charge in [-0.2, -0.15) is 0 Å². The van der Waals surface area contributed by atoms with Gasteiger partial charge in [-0.25, -0.2) is 13.1 Å². The Labute approximate surface area is 99.8 Å². The highest BCUT2D eigenvalue weighted by Gasteiger charge is 2.14. The molecule has 0 aliphatic carbocycles. The highest BCUT2D eigenvalue weighted by molar-refractivity contribution is 7.89. The average Bonchev–Trinajstić information content (AvgIpc) is 2.28. The van der Waals surface area contributed by atoms with Crippen molar-refractivity contribution in [3.63, 3.8) is 0 Å². The predicted molar refractivity (Wildman–Crippen MR) is 62.7 cm³/mol. The SMILES string of the molecule is COC(=O)CCNS(=O)(=O)c1cccc(N)c1. The minimum absolute atomic E-state index is 0.0101. The van der Waals surface area contributed by atoms with E-state index in [1.54, 1.807) is 12.1 Å². The number of ether oxygens (including phenoxy) is 1. The Hall–Kier alpha value is -1.60. The first kappa shape index (κ1) is 13.5. The van der Waals surface area contributed by atoms with Crippen molar-refractivity contribution in [1.82, 2.24) is 4.72 Å². The summed E-state index contributed by atoms with van der Waals surface area (Å²) < 4.78 is 30.2. The molecule has 1 aromatic carbocycles. The van der Waals surface area contributed by atoms with E-state index >= 15 is 0 Å². The van der Waals surface area contributed by atoms with Crippen molar-refractivity contribution in [1.29, 1.82) is 0 Å². The lowest BCUT2D eigenvalue weighted by Crippen LogP contribution is -2.26. The zero-order valence-electron chi connectivity index (χ0n) is 9.34. The van der Waals surface area contributed by atoms with Crippen molar-refractivity contribution in [3.8, 4) is 0 Å². The van der Waals surface area contributed by atoms with E-state index in [1.807, 2.05) is 0 Å². The summed E-state index contributed by atoms with van der Waals surface area (Å²) >= 11 is 0. The van der Waals surface area contributed by atoms with Crippen LogP contribution in [0.5, 0.6) is 0 Å². The monoisotopic (exact) mass is 258 g/mol. The number of esters is 1. The Kier molecular flexibility index (Phi) is 4.47. The standard InChI is InChI=1S/C10H14N2O4S/c1-16-10(13)5-6-12-17(14,15)9-4-2-3-8(11)7-9/h2-4,7,12H,5-6,11H2,1H3. The Balaban J connectivity index is 2.66. The summed E-state index contributed by atoms with van der Waals surface area (Å²) in [6.45, 7) is -0.0101. The minimum atomic E-state index is -3.62. The molecule has 0 amide bonds. The summed E-state index contributed by atoms with van der Waals surface area (Å²) in [4.78, 5) is 10.9. The molecule has 0 saturated carbocycles. The van der Waals surface area contributed by atoms with Gasteiger partial charge in [0, 0.05) is 12.2 Å². The van der Waals surface area contributed by atoms with E-state index in [1.165, 1.54) is 19.2 Å². The highest BCUT2D eigenvalue weighted by atomic mass is 32.2. The van der Waals surface area contributed by atoms with Gasteiger partial charge in [-0.3, -0.25) is 4.79 Å². The summed E-state index contributed by atoms with van der Waals surface area (Å²) in [5.41, 5.74) is 5.85. The number of carbonyl (C=O) groups is 1. The van der Waals surface area contributed by atoms with Crippen molar-refractivity contribution in [2.45, 2.75) is 11.3 Å². The van der Waals surface area contributed by atoms with Crippen LogP contribution < -0.4 is 10.5 Å². The van der Waals surface area contributed by atoms with Crippen molar-refractivity contribution < 1.29 is 17.9 Å². The number of nitrogens with two attached hydrogens (primary N) is 1. The van der Waals surface area contributed by atoms with E-state index in [0.717, 1.165) is 0 Å². The van der Waals surface area contributed by atoms with Gasteiger partial charge in [0.15, 0.2) is 0 Å². The fraction of sp³-hybridized carbons (Fsp3) is 0.300. The molecule has 94 valence electrons. The lowest BCUT2D eigenvalue weighted by Gasteiger charge is -2.06. The van der Waals surface area contributed by atoms with Gasteiger partial charge in [-0.05, 0) is 18.2 Å². The van der Waals surface area contributed by atoms with Crippen LogP contribution in [0.4, 0.5) is 5.69 Å². The number of rotatable bonds is 5. The number of anilines is 1. The van der Waals surface area contributed by atoms with Crippen LogP contribution >= 0.6 is 0 Å². The van der Waals surface area contributed by atoms with Gasteiger partial charge in [-0.1, -0.05) is 6.07 Å². The summed E-state index contributed by atoms with van der Waals surface area (Å²) in [5, 5.41) is 0. The topological polar surface area (TPSA) is 98.5 Å². The van der Waals surface area contributed by atoms with Crippen molar-refractivity contribution in [2.75, 3.05) is 19.4 Å². The minimum Gasteiger partial charge on any atom is -0.469 e. The van der Waals surface area contributed by atoms with Gasteiger partial charge >= 0.3 is 5.97 Å². The lowest BCUT2D eigenvalue weighted by atomic mass is 10.3. The molecule has 0 heterocycles. The Bertz CT molecular complexity index is 499. The average molecular weight is 258 g/mol. The summed E-state index contributed by atoms with van der Waals surface area (Å²) in [7, 11) is -2.38. The quantitative estimate of drug-likeness (QED) is 0.577. The molecule has 0 spiro atoms. The molecular formula is C10H14N2O4S. The molecule has 0 radical (unpaired) electrons. The molecule has 3 N–H and O–H groups in total. The molecular weight excluding hydrogens is 244 g/mol. The Morgan fingerprint density at radius 3 is 2.76 bits per heavy atom. The van der Waals surface area contributed by atoms with Crippen LogP contribution in [0.1, 0.15) is 6.42 Å². The number of hydrogen-bond acceptors (Lipinski definition) is 5. The molecule has 0 aromatic heterocycles. The molecule has 0 saturated heterocycles. The number of methoxy groups -OCH3 is 1. The van der Waals surface area contributed by atoms with Gasteiger partial charge in [0.1, 0.15) is 0 Å². The Morgan fingerprint density at radius 1 is 1.47 bits per heavy atom. The van der Waals surface area contributed by atoms with Crippen molar-refractivity contribution in [2.24, 2.45) is 0 Å². The van der Waals surface area contributed by atoms with Gasteiger partial charge in [0.05, 0.1) is 18.4 Å². The smallest absolute Gasteiger partial charge is 0.306 e. The number of nitrogen functional groups attached to an aromatic ring is 1. The third kappa shape index (κ3) is 4.04. The molecule has 6 nitrogen and oxygen atoms in total. The molecule has 0 bridgehead atoms. The van der Waals surface area contributed by atoms with Gasteiger partial charge in [0.25, 0.3) is 0 Å². The maximum absolute atomic E-state index is 11.7. The first-order valence-corrected chi connectivity index (χ1v) is 6.36. The van der Waals surface area contributed by atoms with Crippen LogP contribution in [0.2, 0.25) is 0 Å². The fourth-order valence-corrected chi connectivity index (χ4v) is 2.24. The molecule has 0 unspecified atom stereocenters. The molecule has 1 rings (SSSR count). The maximum Gasteiger partial charge on any atom is 0.306 e. The zero-order chi connectivity index (χ0) is 12.9. The van der Waals surface area contributed by atoms with E-state index in [2.05, 4.69) is 9.46 Å². The first-order chi connectivity index (χ1) is 7.95. The summed E-state index contributed by atoms with van der Waals surface area (Å²) in [6, 6.07) is 5.91. The van der Waals surface area contributed by atoms with E-state index < -0.39 is 16.0 Å². The normalized spacial score (nSPS) is 11.1. The van der Waals surface area contributed by atoms with Gasteiger partial charge < -0.3 is 10.5 Å². The van der Waals surface area contributed by atoms with Crippen molar-refractivity contribution >= 4 is 21.7 Å². The number of carbonyl (C=O) groups excluding carboxylic acids is 1. The second kappa shape index (κ2) is 5.65. The highest BCUT2D eigenvalue weighted by Crippen LogP contribution is 2.12. The molecule has 7 heteroatoms. The molecule has 0 fully saturated rings. The molecule has 0 aliphatic heterocycles. The molecule has 0 atom stereocenters. The van der Waals surface area contributed by atoms with Crippen LogP contribution in [0.15, 0.2) is 29.2 Å². The van der Waals surface area contributed by atoms with Crippen LogP contribution in [0.25, 0.3) is 0 Å². The second-order valence-electron chi connectivity index (χ2n) is 3.30. The number of sulfonamides is 1. The zero-order valence-corrected chi connectivity index (χ0v) is 10.2. The molecule has 1 aromatic rings. The Morgan fingerprint density at radius 2 is 2.18 bits per heavy atom. The van der Waals surface area contributed by atoms with E-state index in [-0.39, 0.29) is 17.9 Å². The van der Waals surface area contributed by atoms with Gasteiger partial charge in [-0.15, -0.1) is 0 Å². The number of hydrogen-bond donors (Lipinski definition) is 2. The molecule has 0 aliphatic rings. The van der Waals surface area contributed by atoms with Crippen molar-refractivity contribution in [3.05, 3.63) is 24.3 Å². The van der Waals surface area contributed by atoms with Crippen LogP contribution in [0.3, 0.4) is 0 Å². The maximum atomic E-state index is 11.7. The van der Waals surface area contributed by atoms with E-state index in [0.29, 0.717) is 5.69 Å². The van der Waals surface area contributed by atoms with Crippen LogP contribution in [-0.4, -0.2) is 28.0 Å². The van der Waals surface area contributed by atoms with Crippen LogP contribution in [-0.2, 0) is 19.6 Å². The second-order valence-corrected chi connectivity index (χ2v) is 5.06.